The zero-order chi connectivity index (χ0) is 13.8. The van der Waals surface area contributed by atoms with Crippen molar-refractivity contribution in [2.24, 2.45) is 0 Å². The quantitative estimate of drug-likeness (QED) is 0.890. The molecule has 2 aromatic rings. The summed E-state index contributed by atoms with van der Waals surface area (Å²) in [5.74, 6) is -0.928. The number of anilines is 2. The van der Waals surface area contributed by atoms with E-state index in [-0.39, 0.29) is 11.5 Å². The van der Waals surface area contributed by atoms with Gasteiger partial charge < -0.3 is 11.1 Å². The van der Waals surface area contributed by atoms with Crippen LogP contribution in [0.4, 0.5) is 20.3 Å². The molecule has 1 aromatic heterocycles. The van der Waals surface area contributed by atoms with Crippen molar-refractivity contribution in [1.29, 1.82) is 0 Å². The largest absolute Gasteiger partial charge is 0.382 e. The van der Waals surface area contributed by atoms with Gasteiger partial charge in [0.25, 0.3) is 12.3 Å². The first-order valence-electron chi connectivity index (χ1n) is 5.35. The van der Waals surface area contributed by atoms with Crippen molar-refractivity contribution in [3.8, 4) is 0 Å². The molecule has 1 aromatic carbocycles. The summed E-state index contributed by atoms with van der Waals surface area (Å²) in [5, 5.41) is 2.54. The molecule has 98 valence electrons. The molecular formula is C12H10F2N4O. The summed E-state index contributed by atoms with van der Waals surface area (Å²) in [6, 6.07) is 8.63. The average molecular weight is 264 g/mol. The minimum absolute atomic E-state index is 0.187. The van der Waals surface area contributed by atoms with E-state index in [9.17, 15) is 13.6 Å². The molecule has 2 rings (SSSR count). The number of nitrogens with two attached hydrogens (primary N) is 1. The fraction of sp³-hybridized carbons (Fsp3) is 0.0833. The first-order valence-corrected chi connectivity index (χ1v) is 5.35. The van der Waals surface area contributed by atoms with Gasteiger partial charge >= 0.3 is 0 Å². The Morgan fingerprint density at radius 1 is 1.26 bits per heavy atom. The SMILES string of the molecule is Nc1nc(C(F)F)cnc1C(=O)Nc1ccccc1. The van der Waals surface area contributed by atoms with Crippen LogP contribution in [0, 0.1) is 0 Å². The Morgan fingerprint density at radius 3 is 2.53 bits per heavy atom. The molecule has 0 fully saturated rings. The highest BCUT2D eigenvalue weighted by atomic mass is 19.3. The second kappa shape index (κ2) is 5.38. The van der Waals surface area contributed by atoms with E-state index in [1.54, 1.807) is 30.3 Å². The normalized spacial score (nSPS) is 10.5. The number of halogens is 2. The monoisotopic (exact) mass is 264 g/mol. The summed E-state index contributed by atoms with van der Waals surface area (Å²) in [7, 11) is 0. The molecule has 0 aliphatic carbocycles. The molecule has 0 atom stereocenters. The lowest BCUT2D eigenvalue weighted by molar-refractivity contribution is 0.102. The van der Waals surface area contributed by atoms with Gasteiger partial charge in [-0.15, -0.1) is 0 Å². The minimum atomic E-state index is -2.78. The van der Waals surface area contributed by atoms with Crippen molar-refractivity contribution < 1.29 is 13.6 Å². The molecule has 0 saturated heterocycles. The van der Waals surface area contributed by atoms with Crippen LogP contribution in [0.1, 0.15) is 22.6 Å². The van der Waals surface area contributed by atoms with Crippen molar-refractivity contribution in [1.82, 2.24) is 9.97 Å². The highest BCUT2D eigenvalue weighted by Crippen LogP contribution is 2.18. The molecule has 0 spiro atoms. The number of amides is 1. The average Bonchev–Trinajstić information content (AvgIpc) is 2.39. The minimum Gasteiger partial charge on any atom is -0.382 e. The maximum absolute atomic E-state index is 12.4. The van der Waals surface area contributed by atoms with Crippen molar-refractivity contribution in [2.45, 2.75) is 6.43 Å². The van der Waals surface area contributed by atoms with Crippen LogP contribution in [0.5, 0.6) is 0 Å². The van der Waals surface area contributed by atoms with Crippen LogP contribution in [0.2, 0.25) is 0 Å². The number of rotatable bonds is 3. The molecule has 0 unspecified atom stereocenters. The summed E-state index contributed by atoms with van der Waals surface area (Å²) < 4.78 is 24.7. The number of carbonyl (C=O) groups is 1. The molecule has 0 radical (unpaired) electrons. The fourth-order valence-corrected chi connectivity index (χ4v) is 1.41. The number of aromatic nitrogens is 2. The first kappa shape index (κ1) is 12.9. The third-order valence-corrected chi connectivity index (χ3v) is 2.29. The summed E-state index contributed by atoms with van der Waals surface area (Å²) >= 11 is 0. The molecule has 3 N–H and O–H groups in total. The van der Waals surface area contributed by atoms with Crippen molar-refractivity contribution >= 4 is 17.4 Å². The number of benzene rings is 1. The lowest BCUT2D eigenvalue weighted by Gasteiger charge is -2.07. The van der Waals surface area contributed by atoms with Gasteiger partial charge in [0.15, 0.2) is 11.5 Å². The summed E-state index contributed by atoms with van der Waals surface area (Å²) in [4.78, 5) is 18.9. The standard InChI is InChI=1S/C12H10F2N4O/c13-10(14)8-6-16-9(11(15)18-8)12(19)17-7-4-2-1-3-5-7/h1-6,10H,(H2,15,18)(H,17,19). The number of hydrogen-bond acceptors (Lipinski definition) is 4. The summed E-state index contributed by atoms with van der Waals surface area (Å²) in [6.45, 7) is 0. The van der Waals surface area contributed by atoms with Gasteiger partial charge in [-0.2, -0.15) is 0 Å². The van der Waals surface area contributed by atoms with Gasteiger partial charge in [-0.3, -0.25) is 4.79 Å². The van der Waals surface area contributed by atoms with Gasteiger partial charge in [-0.1, -0.05) is 18.2 Å². The molecule has 0 bridgehead atoms. The Labute approximate surface area is 107 Å². The Balaban J connectivity index is 2.20. The third kappa shape index (κ3) is 3.01. The molecular weight excluding hydrogens is 254 g/mol. The molecule has 0 aliphatic heterocycles. The second-order valence-electron chi connectivity index (χ2n) is 3.65. The highest BCUT2D eigenvalue weighted by Gasteiger charge is 2.17. The summed E-state index contributed by atoms with van der Waals surface area (Å²) in [6.07, 6.45) is -1.94. The molecule has 5 nitrogen and oxygen atoms in total. The predicted molar refractivity (Wildman–Crippen MR) is 65.8 cm³/mol. The molecule has 0 saturated carbocycles. The Kier molecular flexibility index (Phi) is 3.65. The Hall–Kier alpha value is -2.57. The Morgan fingerprint density at radius 2 is 1.95 bits per heavy atom. The van der Waals surface area contributed by atoms with E-state index in [4.69, 9.17) is 5.73 Å². The van der Waals surface area contributed by atoms with Gasteiger partial charge in [0.2, 0.25) is 0 Å². The van der Waals surface area contributed by atoms with Crippen molar-refractivity contribution in [3.63, 3.8) is 0 Å². The molecule has 1 amide bonds. The maximum atomic E-state index is 12.4. The van der Waals surface area contributed by atoms with E-state index in [1.807, 2.05) is 0 Å². The molecule has 7 heteroatoms. The van der Waals surface area contributed by atoms with Crippen LogP contribution in [0.15, 0.2) is 36.5 Å². The molecule has 1 heterocycles. The maximum Gasteiger partial charge on any atom is 0.281 e. The number of hydrogen-bond donors (Lipinski definition) is 2. The van der Waals surface area contributed by atoms with Crippen molar-refractivity contribution in [2.75, 3.05) is 11.1 Å². The van der Waals surface area contributed by atoms with Crippen LogP contribution in [0.25, 0.3) is 0 Å². The zero-order valence-corrected chi connectivity index (χ0v) is 9.68. The van der Waals surface area contributed by atoms with E-state index < -0.39 is 18.0 Å². The van der Waals surface area contributed by atoms with Crippen LogP contribution in [0.3, 0.4) is 0 Å². The van der Waals surface area contributed by atoms with Gasteiger partial charge in [0.1, 0.15) is 5.69 Å². The number of nitrogen functional groups attached to an aromatic ring is 1. The smallest absolute Gasteiger partial charge is 0.281 e. The predicted octanol–water partition coefficient (Wildman–Crippen LogP) is 2.25. The lowest BCUT2D eigenvalue weighted by atomic mass is 10.3. The van der Waals surface area contributed by atoms with Gasteiger partial charge in [0, 0.05) is 5.69 Å². The lowest BCUT2D eigenvalue weighted by Crippen LogP contribution is -2.17. The Bertz CT molecular complexity index is 590. The van der Waals surface area contributed by atoms with Crippen LogP contribution in [-0.2, 0) is 0 Å². The number of para-hydroxylation sites is 1. The number of carbonyl (C=O) groups excluding carboxylic acids is 1. The number of alkyl halides is 2. The van der Waals surface area contributed by atoms with Crippen LogP contribution in [-0.4, -0.2) is 15.9 Å². The van der Waals surface area contributed by atoms with Gasteiger partial charge in [-0.25, -0.2) is 18.7 Å². The topological polar surface area (TPSA) is 80.9 Å². The zero-order valence-electron chi connectivity index (χ0n) is 9.68. The van der Waals surface area contributed by atoms with Crippen LogP contribution < -0.4 is 11.1 Å². The number of nitrogens with one attached hydrogen (secondary N) is 1. The second-order valence-corrected chi connectivity index (χ2v) is 3.65. The molecule has 19 heavy (non-hydrogen) atoms. The first-order chi connectivity index (χ1) is 9.08. The summed E-state index contributed by atoms with van der Waals surface area (Å²) in [5.41, 5.74) is 5.25. The molecule has 0 aliphatic rings. The van der Waals surface area contributed by atoms with Gasteiger partial charge in [-0.05, 0) is 12.1 Å². The van der Waals surface area contributed by atoms with E-state index >= 15 is 0 Å². The van der Waals surface area contributed by atoms with E-state index in [0.717, 1.165) is 6.20 Å². The van der Waals surface area contributed by atoms with E-state index in [0.29, 0.717) is 5.69 Å². The van der Waals surface area contributed by atoms with E-state index in [2.05, 4.69) is 15.3 Å². The highest BCUT2D eigenvalue weighted by molar-refractivity contribution is 6.05. The van der Waals surface area contributed by atoms with Gasteiger partial charge in [0.05, 0.1) is 6.20 Å². The van der Waals surface area contributed by atoms with Crippen molar-refractivity contribution in [3.05, 3.63) is 47.9 Å². The third-order valence-electron chi connectivity index (χ3n) is 2.29. The van der Waals surface area contributed by atoms with E-state index in [1.165, 1.54) is 0 Å². The van der Waals surface area contributed by atoms with Crippen LogP contribution >= 0.6 is 0 Å². The number of nitrogens with zero attached hydrogens (tertiary/aromatic N) is 2. The fourth-order valence-electron chi connectivity index (χ4n) is 1.41.